The Bertz CT molecular complexity index is 404. The van der Waals surface area contributed by atoms with Gasteiger partial charge in [-0.05, 0) is 13.0 Å². The van der Waals surface area contributed by atoms with Gasteiger partial charge in [-0.3, -0.25) is 0 Å². The minimum atomic E-state index is -0.341. The van der Waals surface area contributed by atoms with E-state index in [-0.39, 0.29) is 5.82 Å². The zero-order valence-corrected chi connectivity index (χ0v) is 11.7. The predicted molar refractivity (Wildman–Crippen MR) is 75.1 cm³/mol. The fourth-order valence-corrected chi connectivity index (χ4v) is 2.18. The number of aromatic nitrogens is 2. The SMILES string of the molecule is CCCNc1ncc(F)c(N2CCN(CC)CC2)n1. The van der Waals surface area contributed by atoms with Gasteiger partial charge < -0.3 is 15.1 Å². The highest BCUT2D eigenvalue weighted by Gasteiger charge is 2.20. The van der Waals surface area contributed by atoms with Gasteiger partial charge in [0.15, 0.2) is 11.6 Å². The molecule has 0 spiro atoms. The van der Waals surface area contributed by atoms with Crippen LogP contribution in [0.4, 0.5) is 16.2 Å². The van der Waals surface area contributed by atoms with Gasteiger partial charge in [-0.25, -0.2) is 9.37 Å². The van der Waals surface area contributed by atoms with Gasteiger partial charge in [0.1, 0.15) is 0 Å². The molecular formula is C13H22FN5. The smallest absolute Gasteiger partial charge is 0.224 e. The van der Waals surface area contributed by atoms with Gasteiger partial charge in [-0.1, -0.05) is 13.8 Å². The van der Waals surface area contributed by atoms with E-state index in [4.69, 9.17) is 0 Å². The summed E-state index contributed by atoms with van der Waals surface area (Å²) in [4.78, 5) is 12.6. The molecule has 2 heterocycles. The second-order valence-corrected chi connectivity index (χ2v) is 4.71. The third-order valence-electron chi connectivity index (χ3n) is 3.38. The summed E-state index contributed by atoms with van der Waals surface area (Å²) in [6, 6.07) is 0. The standard InChI is InChI=1S/C13H22FN5/c1-3-5-15-13-16-10-11(14)12(17-13)19-8-6-18(4-2)7-9-19/h10H,3-9H2,1-2H3,(H,15,16,17). The third-order valence-corrected chi connectivity index (χ3v) is 3.38. The van der Waals surface area contributed by atoms with Crippen LogP contribution in [0.2, 0.25) is 0 Å². The molecule has 1 aliphatic heterocycles. The van der Waals surface area contributed by atoms with Crippen LogP contribution in [0.5, 0.6) is 0 Å². The van der Waals surface area contributed by atoms with E-state index in [2.05, 4.69) is 34.0 Å². The molecule has 5 nitrogen and oxygen atoms in total. The van der Waals surface area contributed by atoms with E-state index < -0.39 is 0 Å². The molecule has 1 aliphatic rings. The zero-order chi connectivity index (χ0) is 13.7. The van der Waals surface area contributed by atoms with Gasteiger partial charge in [0.25, 0.3) is 0 Å². The Labute approximate surface area is 113 Å². The van der Waals surface area contributed by atoms with E-state index in [1.54, 1.807) is 0 Å². The summed E-state index contributed by atoms with van der Waals surface area (Å²) in [6.45, 7) is 9.60. The van der Waals surface area contributed by atoms with E-state index in [1.165, 1.54) is 6.20 Å². The molecule has 0 saturated carbocycles. The lowest BCUT2D eigenvalue weighted by Crippen LogP contribution is -2.46. The van der Waals surface area contributed by atoms with Crippen LogP contribution in [-0.4, -0.2) is 54.1 Å². The van der Waals surface area contributed by atoms with E-state index >= 15 is 0 Å². The summed E-state index contributed by atoms with van der Waals surface area (Å²) >= 11 is 0. The Balaban J connectivity index is 2.06. The molecule has 0 aromatic carbocycles. The molecule has 6 heteroatoms. The molecule has 1 saturated heterocycles. The fraction of sp³-hybridized carbons (Fsp3) is 0.692. The average Bonchev–Trinajstić information content (AvgIpc) is 2.46. The number of halogens is 1. The number of anilines is 2. The van der Waals surface area contributed by atoms with Crippen molar-refractivity contribution in [2.75, 3.05) is 49.5 Å². The summed E-state index contributed by atoms with van der Waals surface area (Å²) in [6.07, 6.45) is 2.25. The van der Waals surface area contributed by atoms with Crippen LogP contribution >= 0.6 is 0 Å². The van der Waals surface area contributed by atoms with Gasteiger partial charge in [0, 0.05) is 32.7 Å². The molecule has 0 bridgehead atoms. The van der Waals surface area contributed by atoms with Crippen LogP contribution in [0.15, 0.2) is 6.20 Å². The van der Waals surface area contributed by atoms with Gasteiger partial charge in [0.2, 0.25) is 5.95 Å². The van der Waals surface area contributed by atoms with E-state index in [9.17, 15) is 4.39 Å². The quantitative estimate of drug-likeness (QED) is 0.877. The summed E-state index contributed by atoms with van der Waals surface area (Å²) in [5.41, 5.74) is 0. The van der Waals surface area contributed by atoms with Crippen molar-refractivity contribution in [3.05, 3.63) is 12.0 Å². The molecule has 19 heavy (non-hydrogen) atoms. The second-order valence-electron chi connectivity index (χ2n) is 4.71. The van der Waals surface area contributed by atoms with Crippen LogP contribution in [0.1, 0.15) is 20.3 Å². The summed E-state index contributed by atoms with van der Waals surface area (Å²) < 4.78 is 13.8. The first kappa shape index (κ1) is 14.0. The molecule has 1 fully saturated rings. The molecule has 1 aromatic heterocycles. The predicted octanol–water partition coefficient (Wildman–Crippen LogP) is 1.58. The third kappa shape index (κ3) is 3.53. The van der Waals surface area contributed by atoms with Gasteiger partial charge in [0.05, 0.1) is 6.20 Å². The normalized spacial score (nSPS) is 16.7. The first-order chi connectivity index (χ1) is 9.24. The summed E-state index contributed by atoms with van der Waals surface area (Å²) in [5.74, 6) is 0.590. The number of rotatable bonds is 5. The zero-order valence-electron chi connectivity index (χ0n) is 11.7. The lowest BCUT2D eigenvalue weighted by Gasteiger charge is -2.34. The number of hydrogen-bond acceptors (Lipinski definition) is 5. The molecule has 0 atom stereocenters. The Morgan fingerprint density at radius 3 is 2.63 bits per heavy atom. The number of nitrogens with zero attached hydrogens (tertiary/aromatic N) is 4. The van der Waals surface area contributed by atoms with Crippen LogP contribution in [0, 0.1) is 5.82 Å². The van der Waals surface area contributed by atoms with Crippen molar-refractivity contribution >= 4 is 11.8 Å². The molecule has 0 aliphatic carbocycles. The Hall–Kier alpha value is -1.43. The molecule has 0 unspecified atom stereocenters. The molecule has 0 amide bonds. The van der Waals surface area contributed by atoms with Crippen LogP contribution in [0.25, 0.3) is 0 Å². The van der Waals surface area contributed by atoms with Gasteiger partial charge in [-0.15, -0.1) is 0 Å². The van der Waals surface area contributed by atoms with Gasteiger partial charge >= 0.3 is 0 Å². The maximum atomic E-state index is 13.8. The van der Waals surface area contributed by atoms with Crippen molar-refractivity contribution in [1.29, 1.82) is 0 Å². The number of piperazine rings is 1. The van der Waals surface area contributed by atoms with Crippen molar-refractivity contribution in [1.82, 2.24) is 14.9 Å². The molecule has 0 radical (unpaired) electrons. The Morgan fingerprint density at radius 2 is 2.00 bits per heavy atom. The lowest BCUT2D eigenvalue weighted by atomic mass is 10.3. The first-order valence-corrected chi connectivity index (χ1v) is 6.98. The topological polar surface area (TPSA) is 44.3 Å². The molecule has 2 rings (SSSR count). The van der Waals surface area contributed by atoms with Crippen molar-refractivity contribution in [2.45, 2.75) is 20.3 Å². The Morgan fingerprint density at radius 1 is 1.26 bits per heavy atom. The molecule has 1 aromatic rings. The number of hydrogen-bond donors (Lipinski definition) is 1. The van der Waals surface area contributed by atoms with Gasteiger partial charge in [-0.2, -0.15) is 4.98 Å². The highest BCUT2D eigenvalue weighted by Crippen LogP contribution is 2.18. The first-order valence-electron chi connectivity index (χ1n) is 6.98. The second kappa shape index (κ2) is 6.65. The van der Waals surface area contributed by atoms with E-state index in [0.29, 0.717) is 11.8 Å². The monoisotopic (exact) mass is 267 g/mol. The Kier molecular flexibility index (Phi) is 4.90. The summed E-state index contributed by atoms with van der Waals surface area (Å²) in [5, 5.41) is 3.10. The van der Waals surface area contributed by atoms with Crippen molar-refractivity contribution in [2.24, 2.45) is 0 Å². The lowest BCUT2D eigenvalue weighted by molar-refractivity contribution is 0.269. The van der Waals surface area contributed by atoms with Crippen molar-refractivity contribution in [3.8, 4) is 0 Å². The van der Waals surface area contributed by atoms with Crippen LogP contribution in [-0.2, 0) is 0 Å². The maximum absolute atomic E-state index is 13.8. The number of likely N-dealkylation sites (N-methyl/N-ethyl adjacent to an activating group) is 1. The maximum Gasteiger partial charge on any atom is 0.224 e. The minimum Gasteiger partial charge on any atom is -0.354 e. The average molecular weight is 267 g/mol. The van der Waals surface area contributed by atoms with Crippen LogP contribution < -0.4 is 10.2 Å². The van der Waals surface area contributed by atoms with Crippen LogP contribution in [0.3, 0.4) is 0 Å². The van der Waals surface area contributed by atoms with E-state index in [1.807, 2.05) is 4.90 Å². The van der Waals surface area contributed by atoms with E-state index in [0.717, 1.165) is 45.7 Å². The van der Waals surface area contributed by atoms with Crippen molar-refractivity contribution in [3.63, 3.8) is 0 Å². The summed E-state index contributed by atoms with van der Waals surface area (Å²) in [7, 11) is 0. The van der Waals surface area contributed by atoms with Crippen molar-refractivity contribution < 1.29 is 4.39 Å². The fourth-order valence-electron chi connectivity index (χ4n) is 2.18. The highest BCUT2D eigenvalue weighted by molar-refractivity contribution is 5.44. The largest absolute Gasteiger partial charge is 0.354 e. The number of nitrogens with one attached hydrogen (secondary N) is 1. The molecule has 106 valence electrons. The minimum absolute atomic E-state index is 0.341. The highest BCUT2D eigenvalue weighted by atomic mass is 19.1. The molecule has 1 N–H and O–H groups in total. The molecular weight excluding hydrogens is 245 g/mol.